The Kier molecular flexibility index (Phi) is 4.57. The molecule has 0 aromatic carbocycles. The van der Waals surface area contributed by atoms with E-state index in [9.17, 15) is 4.79 Å². The molecule has 0 spiro atoms. The van der Waals surface area contributed by atoms with Crippen LogP contribution in [0, 0.1) is 0 Å². The number of aryl methyl sites for hydroxylation is 1. The number of nitrogens with zero attached hydrogens (tertiary/aromatic N) is 2. The third-order valence-corrected chi connectivity index (χ3v) is 3.11. The van der Waals surface area contributed by atoms with E-state index in [2.05, 4.69) is 15.6 Å². The van der Waals surface area contributed by atoms with E-state index in [1.807, 2.05) is 43.8 Å². The minimum Gasteiger partial charge on any atom is -0.467 e. The first-order valence-corrected chi connectivity index (χ1v) is 6.67. The van der Waals surface area contributed by atoms with Gasteiger partial charge in [0.15, 0.2) is 0 Å². The molecule has 2 aromatic rings. The van der Waals surface area contributed by atoms with Crippen LogP contribution in [0.25, 0.3) is 0 Å². The van der Waals surface area contributed by atoms with Crippen LogP contribution in [0.3, 0.4) is 0 Å². The molecule has 20 heavy (non-hydrogen) atoms. The number of amides is 1. The van der Waals surface area contributed by atoms with Gasteiger partial charge in [0.05, 0.1) is 12.3 Å². The average molecular weight is 276 g/mol. The molecule has 0 aliphatic rings. The van der Waals surface area contributed by atoms with Crippen molar-refractivity contribution in [2.75, 3.05) is 6.54 Å². The van der Waals surface area contributed by atoms with Crippen molar-refractivity contribution < 1.29 is 9.21 Å². The lowest BCUT2D eigenvalue weighted by Gasteiger charge is -2.21. The molecule has 0 bridgehead atoms. The molecule has 6 nitrogen and oxygen atoms in total. The van der Waals surface area contributed by atoms with Crippen molar-refractivity contribution in [3.05, 3.63) is 42.4 Å². The first-order valence-electron chi connectivity index (χ1n) is 6.67. The van der Waals surface area contributed by atoms with Crippen LogP contribution in [0.2, 0.25) is 0 Å². The van der Waals surface area contributed by atoms with Gasteiger partial charge in [-0.15, -0.1) is 0 Å². The lowest BCUT2D eigenvalue weighted by atomic mass is 10.1. The normalized spacial score (nSPS) is 13.9. The minimum absolute atomic E-state index is 0.0433. The topological polar surface area (TPSA) is 72.1 Å². The van der Waals surface area contributed by atoms with Crippen LogP contribution < -0.4 is 10.6 Å². The molecule has 1 amide bonds. The average Bonchev–Trinajstić information content (AvgIpc) is 3.07. The molecule has 6 heteroatoms. The number of nitrogens with one attached hydrogen (secondary N) is 2. The third kappa shape index (κ3) is 3.08. The van der Waals surface area contributed by atoms with Gasteiger partial charge in [-0.05, 0) is 26.0 Å². The third-order valence-electron chi connectivity index (χ3n) is 3.11. The first kappa shape index (κ1) is 14.3. The highest BCUT2D eigenvalue weighted by molar-refractivity contribution is 5.81. The lowest BCUT2D eigenvalue weighted by molar-refractivity contribution is -0.122. The maximum Gasteiger partial charge on any atom is 0.236 e. The number of furan rings is 1. The molecule has 0 aliphatic carbocycles. The number of hydrogen-bond donors (Lipinski definition) is 2. The Morgan fingerprint density at radius 3 is 2.90 bits per heavy atom. The summed E-state index contributed by atoms with van der Waals surface area (Å²) in [4.78, 5) is 16.2. The Labute approximate surface area is 118 Å². The highest BCUT2D eigenvalue weighted by Gasteiger charge is 2.25. The van der Waals surface area contributed by atoms with Gasteiger partial charge in [-0.2, -0.15) is 0 Å². The zero-order chi connectivity index (χ0) is 14.5. The van der Waals surface area contributed by atoms with E-state index < -0.39 is 0 Å². The van der Waals surface area contributed by atoms with E-state index in [0.29, 0.717) is 6.54 Å². The molecule has 2 N–H and O–H groups in total. The van der Waals surface area contributed by atoms with Gasteiger partial charge in [-0.1, -0.05) is 0 Å². The number of hydrogen-bond acceptors (Lipinski definition) is 4. The molecule has 0 saturated heterocycles. The molecule has 0 fully saturated rings. The predicted octanol–water partition coefficient (Wildman–Crippen LogP) is 1.22. The molecule has 2 rings (SSSR count). The van der Waals surface area contributed by atoms with E-state index in [1.54, 1.807) is 12.5 Å². The maximum absolute atomic E-state index is 11.9. The molecule has 108 valence electrons. The molecule has 2 heterocycles. The van der Waals surface area contributed by atoms with Gasteiger partial charge in [-0.3, -0.25) is 10.1 Å². The number of aromatic nitrogens is 2. The van der Waals surface area contributed by atoms with E-state index >= 15 is 0 Å². The fourth-order valence-corrected chi connectivity index (χ4v) is 2.05. The van der Waals surface area contributed by atoms with Gasteiger partial charge in [-0.25, -0.2) is 4.98 Å². The fraction of sp³-hybridized carbons (Fsp3) is 0.429. The summed E-state index contributed by atoms with van der Waals surface area (Å²) in [5, 5.41) is 6.05. The number of carbonyl (C=O) groups is 1. The Hall–Kier alpha value is -2.08. The highest BCUT2D eigenvalue weighted by atomic mass is 16.3. The summed E-state index contributed by atoms with van der Waals surface area (Å²) < 4.78 is 7.37. The van der Waals surface area contributed by atoms with Crippen molar-refractivity contribution in [3.63, 3.8) is 0 Å². The van der Waals surface area contributed by atoms with Gasteiger partial charge >= 0.3 is 0 Å². The number of imidazole rings is 1. The second kappa shape index (κ2) is 6.38. The SMILES string of the molecule is CCNC(=O)C(C)NC(c1ccco1)c1nccn1C. The molecule has 2 unspecified atom stereocenters. The van der Waals surface area contributed by atoms with Crippen LogP contribution in [0.1, 0.15) is 31.5 Å². The van der Waals surface area contributed by atoms with Gasteiger partial charge in [0, 0.05) is 26.0 Å². The second-order valence-corrected chi connectivity index (χ2v) is 4.63. The van der Waals surface area contributed by atoms with Crippen molar-refractivity contribution in [1.82, 2.24) is 20.2 Å². The minimum atomic E-state index is -0.346. The Morgan fingerprint density at radius 2 is 2.35 bits per heavy atom. The fourth-order valence-electron chi connectivity index (χ4n) is 2.05. The monoisotopic (exact) mass is 276 g/mol. The van der Waals surface area contributed by atoms with Crippen molar-refractivity contribution >= 4 is 5.91 Å². The largest absolute Gasteiger partial charge is 0.467 e. The Morgan fingerprint density at radius 1 is 1.55 bits per heavy atom. The van der Waals surface area contributed by atoms with Gasteiger partial charge in [0.1, 0.15) is 17.6 Å². The summed E-state index contributed by atoms with van der Waals surface area (Å²) in [6.45, 7) is 4.33. The van der Waals surface area contributed by atoms with E-state index in [-0.39, 0.29) is 18.0 Å². The summed E-state index contributed by atoms with van der Waals surface area (Å²) in [5.41, 5.74) is 0. The number of rotatable bonds is 6. The van der Waals surface area contributed by atoms with Crippen LogP contribution in [-0.4, -0.2) is 28.0 Å². The second-order valence-electron chi connectivity index (χ2n) is 4.63. The summed E-state index contributed by atoms with van der Waals surface area (Å²) in [6.07, 6.45) is 5.21. The molecule has 0 radical (unpaired) electrons. The highest BCUT2D eigenvalue weighted by Crippen LogP contribution is 2.21. The van der Waals surface area contributed by atoms with E-state index in [1.165, 1.54) is 0 Å². The number of likely N-dealkylation sites (N-methyl/N-ethyl adjacent to an activating group) is 1. The first-order chi connectivity index (χ1) is 9.63. The van der Waals surface area contributed by atoms with Crippen molar-refractivity contribution in [3.8, 4) is 0 Å². The van der Waals surface area contributed by atoms with E-state index in [0.717, 1.165) is 11.6 Å². The van der Waals surface area contributed by atoms with Crippen LogP contribution in [-0.2, 0) is 11.8 Å². The van der Waals surface area contributed by atoms with Gasteiger partial charge < -0.3 is 14.3 Å². The summed E-state index contributed by atoms with van der Waals surface area (Å²) >= 11 is 0. The van der Waals surface area contributed by atoms with Crippen LogP contribution in [0.15, 0.2) is 35.2 Å². The Bertz CT molecular complexity index is 547. The lowest BCUT2D eigenvalue weighted by Crippen LogP contribution is -2.44. The molecular formula is C14H20N4O2. The standard InChI is InChI=1S/C14H20N4O2/c1-4-15-14(19)10(2)17-12(11-6-5-9-20-11)13-16-7-8-18(13)3/h5-10,12,17H,4H2,1-3H3,(H,15,19). The maximum atomic E-state index is 11.9. The molecule has 2 atom stereocenters. The molecule has 0 aliphatic heterocycles. The molecule has 0 saturated carbocycles. The molecule has 2 aromatic heterocycles. The zero-order valence-corrected chi connectivity index (χ0v) is 12.0. The van der Waals surface area contributed by atoms with Crippen LogP contribution in [0.4, 0.5) is 0 Å². The smallest absolute Gasteiger partial charge is 0.236 e. The molecular weight excluding hydrogens is 256 g/mol. The van der Waals surface area contributed by atoms with Crippen LogP contribution >= 0.6 is 0 Å². The zero-order valence-electron chi connectivity index (χ0n) is 12.0. The van der Waals surface area contributed by atoms with Gasteiger partial charge in [0.2, 0.25) is 5.91 Å². The van der Waals surface area contributed by atoms with Crippen molar-refractivity contribution in [2.45, 2.75) is 25.9 Å². The predicted molar refractivity (Wildman–Crippen MR) is 75.0 cm³/mol. The van der Waals surface area contributed by atoms with Crippen LogP contribution in [0.5, 0.6) is 0 Å². The van der Waals surface area contributed by atoms with Gasteiger partial charge in [0.25, 0.3) is 0 Å². The quantitative estimate of drug-likeness (QED) is 0.832. The Balaban J connectivity index is 2.21. The summed E-state index contributed by atoms with van der Waals surface area (Å²) in [6, 6.07) is 3.09. The summed E-state index contributed by atoms with van der Waals surface area (Å²) in [5.74, 6) is 1.49. The summed E-state index contributed by atoms with van der Waals surface area (Å²) in [7, 11) is 1.91. The van der Waals surface area contributed by atoms with Crippen molar-refractivity contribution in [1.29, 1.82) is 0 Å². The number of carbonyl (C=O) groups excluding carboxylic acids is 1. The van der Waals surface area contributed by atoms with E-state index in [4.69, 9.17) is 4.42 Å². The van der Waals surface area contributed by atoms with Crippen molar-refractivity contribution in [2.24, 2.45) is 7.05 Å².